The van der Waals surface area contributed by atoms with Crippen molar-refractivity contribution in [2.45, 2.75) is 0 Å². The molecule has 0 bridgehead atoms. The molecule has 0 aliphatic rings. The molecule has 68 valence electrons. The first-order chi connectivity index (χ1) is 3.46. The number of rotatable bonds is 0. The minimum Gasteiger partial charge on any atom is -0.415 e. The van der Waals surface area contributed by atoms with Gasteiger partial charge in [0.1, 0.15) is 0 Å². The van der Waals surface area contributed by atoms with Crippen molar-refractivity contribution >= 4 is 58.3 Å². The maximum Gasteiger partial charge on any atom is 1.00 e. The Morgan fingerprint density at radius 3 is 0.900 bits per heavy atom. The van der Waals surface area contributed by atoms with E-state index < -0.39 is 0 Å². The molecule has 0 aromatic carbocycles. The number of nitrogens with two attached hydrogens (primary N) is 2. The van der Waals surface area contributed by atoms with E-state index in [0.29, 0.717) is 0 Å². The fraction of sp³-hybridized carbons (Fsp3) is 0. The summed E-state index contributed by atoms with van der Waals surface area (Å²) in [5.74, 6) is 0. The molecule has 4 N–H and O–H groups in total. The maximum absolute atomic E-state index is 4.66. The average molecular weight is 311 g/mol. The molecule has 0 fully saturated rings. The fourth-order valence-corrected chi connectivity index (χ4v) is 0. The van der Waals surface area contributed by atoms with Crippen molar-refractivity contribution in [2.75, 3.05) is 0 Å². The zero-order valence-corrected chi connectivity index (χ0v) is 9.54. The van der Waals surface area contributed by atoms with Crippen molar-refractivity contribution < 1.29 is 34.1 Å². The van der Waals surface area contributed by atoms with E-state index >= 15 is 0 Å². The van der Waals surface area contributed by atoms with Gasteiger partial charge < -0.3 is 61.2 Å². The normalized spacial score (nSPS) is 4.80. The molecular formula is C2H4Cu2N2S4. The van der Waals surface area contributed by atoms with E-state index in [1.807, 2.05) is 0 Å². The summed E-state index contributed by atoms with van der Waals surface area (Å²) in [7, 11) is 0. The molecule has 0 aliphatic heterocycles. The van der Waals surface area contributed by atoms with Crippen LogP contribution in [0.3, 0.4) is 0 Å². The molecule has 0 saturated heterocycles. The van der Waals surface area contributed by atoms with Gasteiger partial charge in [0.15, 0.2) is 0 Å². The van der Waals surface area contributed by atoms with E-state index in [2.05, 4.69) is 61.2 Å². The van der Waals surface area contributed by atoms with Crippen LogP contribution in [0.2, 0.25) is 0 Å². The van der Waals surface area contributed by atoms with Gasteiger partial charge in [-0.15, -0.1) is 0 Å². The van der Waals surface area contributed by atoms with Crippen LogP contribution < -0.4 is 11.5 Å². The summed E-state index contributed by atoms with van der Waals surface area (Å²) in [6.07, 6.45) is 0. The fourth-order valence-electron chi connectivity index (χ4n) is 0. The van der Waals surface area contributed by atoms with Gasteiger partial charge in [0.2, 0.25) is 0 Å². The second-order valence-electron chi connectivity index (χ2n) is 0.638. The predicted molar refractivity (Wildman–Crippen MR) is 48.3 cm³/mol. The summed E-state index contributed by atoms with van der Waals surface area (Å²) in [6, 6.07) is 0. The minimum absolute atomic E-state index is 0. The Morgan fingerprint density at radius 1 is 0.900 bits per heavy atom. The summed E-state index contributed by atoms with van der Waals surface area (Å²) >= 11 is 16.5. The van der Waals surface area contributed by atoms with Gasteiger partial charge in [0, 0.05) is 0 Å². The van der Waals surface area contributed by atoms with Crippen LogP contribution in [0.1, 0.15) is 0 Å². The molecule has 0 aromatic heterocycles. The second kappa shape index (κ2) is 16.7. The van der Waals surface area contributed by atoms with Crippen LogP contribution >= 0.6 is 24.4 Å². The smallest absolute Gasteiger partial charge is 0.415 e. The first kappa shape index (κ1) is 22.5. The summed E-state index contributed by atoms with van der Waals surface area (Å²) in [6.45, 7) is 0. The van der Waals surface area contributed by atoms with Gasteiger partial charge in [-0.3, -0.25) is 0 Å². The standard InChI is InChI=1S/2CH3NS2.2Cu/c2*2-1(3)4;;/h2*(H3,2,3,4);;/q;;2*+1/p-2. The van der Waals surface area contributed by atoms with Crippen molar-refractivity contribution in [3.05, 3.63) is 0 Å². The van der Waals surface area contributed by atoms with Gasteiger partial charge in [-0.2, -0.15) is 0 Å². The van der Waals surface area contributed by atoms with Crippen molar-refractivity contribution in [1.82, 2.24) is 0 Å². The SMILES string of the molecule is NC(=S)[S-].NC(=S)[S-].[Cu+].[Cu+]. The summed E-state index contributed by atoms with van der Waals surface area (Å²) in [4.78, 5) is 0. The molecule has 0 atom stereocenters. The van der Waals surface area contributed by atoms with Crippen molar-refractivity contribution in [1.29, 1.82) is 0 Å². The second-order valence-corrected chi connectivity index (χ2v) is 2.91. The van der Waals surface area contributed by atoms with Gasteiger partial charge in [-0.25, -0.2) is 0 Å². The Morgan fingerprint density at radius 2 is 0.900 bits per heavy atom. The Kier molecular flexibility index (Phi) is 37.5. The molecule has 0 unspecified atom stereocenters. The third-order valence-electron chi connectivity index (χ3n) is 0. The molecule has 0 rings (SSSR count). The zero-order valence-electron chi connectivity index (χ0n) is 4.39. The largest absolute Gasteiger partial charge is 1.00 e. The number of hydrogen-bond donors (Lipinski definition) is 2. The Hall–Kier alpha value is 1.26. The molecule has 0 heterocycles. The number of thiocarbonyl (C=S) groups is 2. The molecule has 0 spiro atoms. The van der Waals surface area contributed by atoms with Gasteiger partial charge >= 0.3 is 34.1 Å². The topological polar surface area (TPSA) is 52.0 Å². The molecule has 10 heavy (non-hydrogen) atoms. The van der Waals surface area contributed by atoms with E-state index in [-0.39, 0.29) is 42.8 Å². The van der Waals surface area contributed by atoms with Gasteiger partial charge in [-0.1, -0.05) is 8.64 Å². The third-order valence-corrected chi connectivity index (χ3v) is 0. The van der Waals surface area contributed by atoms with E-state index in [0.717, 1.165) is 0 Å². The van der Waals surface area contributed by atoms with Gasteiger partial charge in [0.05, 0.1) is 0 Å². The summed E-state index contributed by atoms with van der Waals surface area (Å²) in [5, 5.41) is 0. The van der Waals surface area contributed by atoms with E-state index in [1.165, 1.54) is 0 Å². The van der Waals surface area contributed by atoms with Crippen molar-refractivity contribution in [3.8, 4) is 0 Å². The Balaban J connectivity index is -0.0000000300. The first-order valence-corrected chi connectivity index (χ1v) is 3.03. The Labute approximate surface area is 103 Å². The van der Waals surface area contributed by atoms with Crippen LogP contribution in [0.25, 0.3) is 0 Å². The molecule has 0 aliphatic carbocycles. The van der Waals surface area contributed by atoms with Crippen LogP contribution in [-0.2, 0) is 59.4 Å². The quantitative estimate of drug-likeness (QED) is 0.359. The van der Waals surface area contributed by atoms with Crippen LogP contribution in [0.4, 0.5) is 0 Å². The molecular weight excluding hydrogens is 307 g/mol. The van der Waals surface area contributed by atoms with Crippen LogP contribution in [0.5, 0.6) is 0 Å². The van der Waals surface area contributed by atoms with Crippen LogP contribution in [-0.4, -0.2) is 8.64 Å². The molecule has 0 saturated carbocycles. The van der Waals surface area contributed by atoms with Gasteiger partial charge in [0.25, 0.3) is 0 Å². The molecule has 8 heteroatoms. The molecule has 0 amide bonds. The van der Waals surface area contributed by atoms with Crippen molar-refractivity contribution in [3.63, 3.8) is 0 Å². The Bertz CT molecular complexity index is 77.3. The van der Waals surface area contributed by atoms with E-state index in [9.17, 15) is 0 Å². The summed E-state index contributed by atoms with van der Waals surface area (Å²) < 4.78 is 0.167. The summed E-state index contributed by atoms with van der Waals surface area (Å²) in [5.41, 5.74) is 9.31. The monoisotopic (exact) mass is 310 g/mol. The van der Waals surface area contributed by atoms with Gasteiger partial charge in [-0.05, 0) is 0 Å². The third kappa shape index (κ3) is 398. The molecule has 0 radical (unpaired) electrons. The minimum atomic E-state index is 0. The predicted octanol–water partition coefficient (Wildman–Crippen LogP) is -0.451. The van der Waals surface area contributed by atoms with Crippen LogP contribution in [0.15, 0.2) is 0 Å². The van der Waals surface area contributed by atoms with E-state index in [4.69, 9.17) is 0 Å². The maximum atomic E-state index is 4.66. The number of hydrogen-bond acceptors (Lipinski definition) is 4. The van der Waals surface area contributed by atoms with Crippen molar-refractivity contribution in [2.24, 2.45) is 11.5 Å². The zero-order chi connectivity index (χ0) is 7.15. The van der Waals surface area contributed by atoms with Crippen LogP contribution in [0, 0.1) is 0 Å². The van der Waals surface area contributed by atoms with E-state index in [1.54, 1.807) is 0 Å². The average Bonchev–Trinajstić information content (AvgIpc) is 1.25. The molecule has 2 nitrogen and oxygen atoms in total. The molecule has 0 aromatic rings. The first-order valence-electron chi connectivity index (χ1n) is 1.39.